The van der Waals surface area contributed by atoms with Crippen LogP contribution < -0.4 is 0 Å². The topological polar surface area (TPSA) is 43.4 Å². The van der Waals surface area contributed by atoms with Crippen molar-refractivity contribution in [1.82, 2.24) is 0 Å². The molecule has 0 amide bonds. The van der Waals surface area contributed by atoms with Gasteiger partial charge in [-0.3, -0.25) is 9.00 Å². The fraction of sp³-hybridized carbons (Fsp3) is 0.364. The van der Waals surface area contributed by atoms with Gasteiger partial charge in [-0.15, -0.1) is 0 Å². The van der Waals surface area contributed by atoms with Crippen LogP contribution in [0, 0.1) is 0 Å². The molecular formula is C11H13BrO3S. The summed E-state index contributed by atoms with van der Waals surface area (Å²) in [7, 11) is -1.33. The van der Waals surface area contributed by atoms with Crippen molar-refractivity contribution in [1.29, 1.82) is 0 Å². The van der Waals surface area contributed by atoms with Gasteiger partial charge in [0.15, 0.2) is 0 Å². The van der Waals surface area contributed by atoms with E-state index in [4.69, 9.17) is 4.74 Å². The third-order valence-corrected chi connectivity index (χ3v) is 3.52. The van der Waals surface area contributed by atoms with Crippen LogP contribution in [-0.2, 0) is 20.3 Å². The summed E-state index contributed by atoms with van der Waals surface area (Å²) in [6.45, 7) is 3.53. The zero-order chi connectivity index (χ0) is 12.1. The molecule has 0 radical (unpaired) electrons. The summed E-state index contributed by atoms with van der Waals surface area (Å²) in [6.07, 6.45) is -0.172. The largest absolute Gasteiger partial charge is 0.462 e. The number of ether oxygens (including phenoxy) is 1. The fourth-order valence-electron chi connectivity index (χ4n) is 1.07. The lowest BCUT2D eigenvalue weighted by Crippen LogP contribution is -2.18. The molecule has 0 aliphatic rings. The highest BCUT2D eigenvalue weighted by Gasteiger charge is 2.12. The van der Waals surface area contributed by atoms with Crippen LogP contribution in [0.15, 0.2) is 33.6 Å². The first-order chi connectivity index (χ1) is 7.49. The predicted molar refractivity (Wildman–Crippen MR) is 66.6 cm³/mol. The normalized spacial score (nSPS) is 12.5. The standard InChI is InChI=1S/C11H13BrO3S/c1-8(2)15-11(13)7-16(14)10-5-3-9(12)4-6-10/h3-6,8H,7H2,1-2H3. The minimum atomic E-state index is -1.33. The SMILES string of the molecule is CC(C)OC(=O)CS(=O)c1ccc(Br)cc1. The van der Waals surface area contributed by atoms with E-state index in [1.54, 1.807) is 38.1 Å². The molecule has 0 aromatic heterocycles. The van der Waals surface area contributed by atoms with Crippen LogP contribution in [0.25, 0.3) is 0 Å². The van der Waals surface area contributed by atoms with Crippen LogP contribution >= 0.6 is 15.9 Å². The molecule has 1 unspecified atom stereocenters. The van der Waals surface area contributed by atoms with Crippen LogP contribution in [-0.4, -0.2) is 22.0 Å². The van der Waals surface area contributed by atoms with Crippen molar-refractivity contribution in [3.05, 3.63) is 28.7 Å². The van der Waals surface area contributed by atoms with Gasteiger partial charge in [0, 0.05) is 9.37 Å². The minimum Gasteiger partial charge on any atom is -0.462 e. The molecule has 0 aliphatic heterocycles. The van der Waals surface area contributed by atoms with Crippen LogP contribution in [0.4, 0.5) is 0 Å². The quantitative estimate of drug-likeness (QED) is 0.803. The molecule has 0 bridgehead atoms. The molecule has 88 valence electrons. The van der Waals surface area contributed by atoms with Crippen molar-refractivity contribution in [3.8, 4) is 0 Å². The molecular weight excluding hydrogens is 292 g/mol. The average Bonchev–Trinajstić information content (AvgIpc) is 2.16. The van der Waals surface area contributed by atoms with E-state index >= 15 is 0 Å². The Balaban J connectivity index is 2.59. The Kier molecular flexibility index (Phi) is 5.15. The highest BCUT2D eigenvalue weighted by molar-refractivity contribution is 9.10. The Morgan fingerprint density at radius 3 is 2.44 bits per heavy atom. The molecule has 0 heterocycles. The molecule has 1 atom stereocenters. The summed E-state index contributed by atoms with van der Waals surface area (Å²) in [5, 5.41) is 0. The molecule has 0 saturated carbocycles. The Morgan fingerprint density at radius 1 is 1.38 bits per heavy atom. The molecule has 0 saturated heterocycles. The average molecular weight is 305 g/mol. The monoisotopic (exact) mass is 304 g/mol. The number of esters is 1. The van der Waals surface area contributed by atoms with Gasteiger partial charge >= 0.3 is 5.97 Å². The smallest absolute Gasteiger partial charge is 0.319 e. The summed E-state index contributed by atoms with van der Waals surface area (Å²) < 4.78 is 17.6. The first-order valence-corrected chi connectivity index (χ1v) is 6.93. The number of hydrogen-bond donors (Lipinski definition) is 0. The molecule has 0 aliphatic carbocycles. The van der Waals surface area contributed by atoms with E-state index in [-0.39, 0.29) is 11.9 Å². The zero-order valence-electron chi connectivity index (χ0n) is 9.10. The van der Waals surface area contributed by atoms with Crippen molar-refractivity contribution in [2.75, 3.05) is 5.75 Å². The lowest BCUT2D eigenvalue weighted by atomic mass is 10.4. The zero-order valence-corrected chi connectivity index (χ0v) is 11.5. The van der Waals surface area contributed by atoms with Gasteiger partial charge in [0.25, 0.3) is 0 Å². The molecule has 0 fully saturated rings. The number of hydrogen-bond acceptors (Lipinski definition) is 3. The Bertz CT molecular complexity index is 387. The van der Waals surface area contributed by atoms with Crippen molar-refractivity contribution in [2.24, 2.45) is 0 Å². The molecule has 0 N–H and O–H groups in total. The van der Waals surface area contributed by atoms with Gasteiger partial charge in [-0.1, -0.05) is 15.9 Å². The molecule has 16 heavy (non-hydrogen) atoms. The van der Waals surface area contributed by atoms with Crippen molar-refractivity contribution >= 4 is 32.7 Å². The van der Waals surface area contributed by atoms with Gasteiger partial charge in [-0.05, 0) is 38.1 Å². The maximum absolute atomic E-state index is 11.7. The lowest BCUT2D eigenvalue weighted by Gasteiger charge is -2.07. The van der Waals surface area contributed by atoms with E-state index in [0.29, 0.717) is 4.90 Å². The third-order valence-electron chi connectivity index (χ3n) is 1.69. The number of carbonyl (C=O) groups excluding carboxylic acids is 1. The minimum absolute atomic E-state index is 0.0974. The van der Waals surface area contributed by atoms with Crippen LogP contribution in [0.1, 0.15) is 13.8 Å². The molecule has 5 heteroatoms. The summed E-state index contributed by atoms with van der Waals surface area (Å²) in [6, 6.07) is 7.04. The number of benzene rings is 1. The second-order valence-electron chi connectivity index (χ2n) is 3.48. The van der Waals surface area contributed by atoms with Crippen molar-refractivity contribution in [3.63, 3.8) is 0 Å². The van der Waals surface area contributed by atoms with E-state index in [1.165, 1.54) is 0 Å². The predicted octanol–water partition coefficient (Wildman–Crippen LogP) is 2.51. The van der Waals surface area contributed by atoms with Gasteiger partial charge in [-0.25, -0.2) is 0 Å². The summed E-state index contributed by atoms with van der Waals surface area (Å²) in [5.41, 5.74) is 0. The third kappa shape index (κ3) is 4.45. The fourth-order valence-corrected chi connectivity index (χ4v) is 2.23. The summed E-state index contributed by atoms with van der Waals surface area (Å²) >= 11 is 3.29. The van der Waals surface area contributed by atoms with E-state index in [9.17, 15) is 9.00 Å². The Morgan fingerprint density at radius 2 is 1.94 bits per heavy atom. The van der Waals surface area contributed by atoms with Crippen LogP contribution in [0.3, 0.4) is 0 Å². The van der Waals surface area contributed by atoms with E-state index in [1.807, 2.05) is 0 Å². The highest BCUT2D eigenvalue weighted by atomic mass is 79.9. The van der Waals surface area contributed by atoms with E-state index in [2.05, 4.69) is 15.9 Å². The second-order valence-corrected chi connectivity index (χ2v) is 5.85. The van der Waals surface area contributed by atoms with Gasteiger partial charge in [0.1, 0.15) is 5.75 Å². The number of halogens is 1. The maximum atomic E-state index is 11.7. The van der Waals surface area contributed by atoms with Gasteiger partial charge in [-0.2, -0.15) is 0 Å². The van der Waals surface area contributed by atoms with E-state index < -0.39 is 16.8 Å². The Hall–Kier alpha value is -0.680. The molecule has 1 rings (SSSR count). The van der Waals surface area contributed by atoms with Gasteiger partial charge in [0.2, 0.25) is 0 Å². The summed E-state index contributed by atoms with van der Waals surface area (Å²) in [4.78, 5) is 11.9. The number of carbonyl (C=O) groups is 1. The second kappa shape index (κ2) is 6.15. The molecule has 3 nitrogen and oxygen atoms in total. The van der Waals surface area contributed by atoms with Crippen LogP contribution in [0.5, 0.6) is 0 Å². The lowest BCUT2D eigenvalue weighted by molar-refractivity contribution is -0.144. The number of rotatable bonds is 4. The first-order valence-electron chi connectivity index (χ1n) is 4.82. The van der Waals surface area contributed by atoms with E-state index in [0.717, 1.165) is 4.47 Å². The van der Waals surface area contributed by atoms with Gasteiger partial charge < -0.3 is 4.74 Å². The maximum Gasteiger partial charge on any atom is 0.319 e. The van der Waals surface area contributed by atoms with Crippen molar-refractivity contribution in [2.45, 2.75) is 24.8 Å². The van der Waals surface area contributed by atoms with Crippen molar-refractivity contribution < 1.29 is 13.7 Å². The Labute approximate surface area is 106 Å². The molecule has 1 aromatic rings. The molecule has 0 spiro atoms. The first kappa shape index (κ1) is 13.4. The summed E-state index contributed by atoms with van der Waals surface area (Å²) in [5.74, 6) is -0.531. The highest BCUT2D eigenvalue weighted by Crippen LogP contribution is 2.13. The van der Waals surface area contributed by atoms with Gasteiger partial charge in [0.05, 0.1) is 16.9 Å². The molecule has 1 aromatic carbocycles. The van der Waals surface area contributed by atoms with Crippen LogP contribution in [0.2, 0.25) is 0 Å².